The zero-order valence-corrected chi connectivity index (χ0v) is 12.7. The number of likely N-dealkylation sites (tertiary alicyclic amines) is 1. The molecule has 1 rings (SSSR count). The number of thioether (sulfide) groups is 1. The minimum atomic E-state index is -0.399. The second-order valence-corrected chi connectivity index (χ2v) is 6.69. The number of hydrogen-bond donors (Lipinski definition) is 2. The number of nitrogens with zero attached hydrogens (tertiary/aromatic N) is 1. The van der Waals surface area contributed by atoms with E-state index in [-0.39, 0.29) is 11.8 Å². The van der Waals surface area contributed by atoms with E-state index in [9.17, 15) is 9.59 Å². The van der Waals surface area contributed by atoms with Gasteiger partial charge in [-0.1, -0.05) is 0 Å². The molecule has 1 heterocycles. The normalized spacial score (nSPS) is 16.3. The van der Waals surface area contributed by atoms with Gasteiger partial charge in [0.15, 0.2) is 0 Å². The van der Waals surface area contributed by atoms with Crippen LogP contribution in [0.5, 0.6) is 0 Å². The molecule has 0 aromatic heterocycles. The van der Waals surface area contributed by atoms with E-state index in [4.69, 9.17) is 5.73 Å². The van der Waals surface area contributed by atoms with E-state index in [2.05, 4.69) is 5.32 Å². The van der Waals surface area contributed by atoms with Crippen LogP contribution in [0.25, 0.3) is 0 Å². The topological polar surface area (TPSA) is 75.4 Å². The third-order valence-electron chi connectivity index (χ3n) is 2.91. The summed E-state index contributed by atoms with van der Waals surface area (Å²) in [6, 6.07) is 0. The second kappa shape index (κ2) is 7.75. The summed E-state index contributed by atoms with van der Waals surface area (Å²) >= 11 is 1.37. The summed E-state index contributed by atoms with van der Waals surface area (Å²) in [5.41, 5.74) is 5.38. The van der Waals surface area contributed by atoms with Gasteiger partial charge in [-0.3, -0.25) is 9.59 Å². The lowest BCUT2D eigenvalue weighted by molar-refractivity contribution is -0.129. The molecule has 0 atom stereocenters. The highest BCUT2D eigenvalue weighted by Crippen LogP contribution is 2.11. The fourth-order valence-corrected chi connectivity index (χ4v) is 2.59. The Hall–Kier alpha value is -0.750. The van der Waals surface area contributed by atoms with Crippen molar-refractivity contribution >= 4 is 23.6 Å². The fraction of sp³-hybridized carbons (Fsp3) is 0.846. The monoisotopic (exact) mass is 287 g/mol. The number of piperidine rings is 1. The number of hydrogen-bond acceptors (Lipinski definition) is 4. The molecular formula is C13H25N3O2S. The van der Waals surface area contributed by atoms with Gasteiger partial charge in [0.25, 0.3) is 0 Å². The van der Waals surface area contributed by atoms with Gasteiger partial charge in [-0.2, -0.15) is 0 Å². The molecule has 3 N–H and O–H groups in total. The quantitative estimate of drug-likeness (QED) is 0.749. The number of nitrogens with one attached hydrogen (secondary N) is 1. The van der Waals surface area contributed by atoms with Gasteiger partial charge in [-0.05, 0) is 33.1 Å². The van der Waals surface area contributed by atoms with E-state index in [0.29, 0.717) is 18.1 Å². The largest absolute Gasteiger partial charge is 0.354 e. The van der Waals surface area contributed by atoms with E-state index in [1.807, 2.05) is 18.7 Å². The van der Waals surface area contributed by atoms with Crippen molar-refractivity contribution < 1.29 is 9.59 Å². The number of carbonyl (C=O) groups is 2. The summed E-state index contributed by atoms with van der Waals surface area (Å²) in [4.78, 5) is 25.3. The maximum Gasteiger partial charge on any atom is 0.232 e. The fourth-order valence-electron chi connectivity index (χ4n) is 1.84. The molecule has 19 heavy (non-hydrogen) atoms. The van der Waals surface area contributed by atoms with Crippen molar-refractivity contribution in [2.75, 3.05) is 31.1 Å². The molecule has 0 unspecified atom stereocenters. The summed E-state index contributed by atoms with van der Waals surface area (Å²) in [5, 5.41) is 2.77. The van der Waals surface area contributed by atoms with E-state index in [1.54, 1.807) is 0 Å². The third kappa shape index (κ3) is 7.42. The predicted octanol–water partition coefficient (Wildman–Crippen LogP) is 0.586. The number of nitrogens with two attached hydrogens (primary N) is 1. The molecule has 1 aliphatic heterocycles. The highest BCUT2D eigenvalue weighted by Gasteiger charge is 2.17. The first-order chi connectivity index (χ1) is 8.88. The van der Waals surface area contributed by atoms with Crippen LogP contribution in [0.3, 0.4) is 0 Å². The maximum absolute atomic E-state index is 11.9. The van der Waals surface area contributed by atoms with Crippen LogP contribution in [-0.2, 0) is 9.59 Å². The molecule has 2 amide bonds. The van der Waals surface area contributed by atoms with Crippen molar-refractivity contribution in [2.24, 2.45) is 5.73 Å². The first-order valence-electron chi connectivity index (χ1n) is 6.79. The van der Waals surface area contributed by atoms with Crippen LogP contribution in [-0.4, -0.2) is 53.4 Å². The van der Waals surface area contributed by atoms with Gasteiger partial charge in [0.2, 0.25) is 11.8 Å². The van der Waals surface area contributed by atoms with Crippen molar-refractivity contribution in [3.63, 3.8) is 0 Å². The number of carbonyl (C=O) groups excluding carboxylic acids is 2. The van der Waals surface area contributed by atoms with Gasteiger partial charge in [-0.15, -0.1) is 11.8 Å². The van der Waals surface area contributed by atoms with Gasteiger partial charge in [-0.25, -0.2) is 0 Å². The Bertz CT molecular complexity index is 310. The molecule has 6 heteroatoms. The minimum absolute atomic E-state index is 0.0602. The summed E-state index contributed by atoms with van der Waals surface area (Å²) < 4.78 is 0. The Morgan fingerprint density at radius 2 is 1.84 bits per heavy atom. The first-order valence-corrected chi connectivity index (χ1v) is 7.95. The highest BCUT2D eigenvalue weighted by molar-refractivity contribution is 8.00. The molecule has 0 bridgehead atoms. The van der Waals surface area contributed by atoms with Crippen LogP contribution in [0.2, 0.25) is 0 Å². The van der Waals surface area contributed by atoms with Crippen molar-refractivity contribution in [1.82, 2.24) is 10.2 Å². The van der Waals surface area contributed by atoms with E-state index in [0.717, 1.165) is 25.9 Å². The molecule has 0 spiro atoms. The lowest BCUT2D eigenvalue weighted by Crippen LogP contribution is -2.45. The molecule has 0 aromatic carbocycles. The Labute approximate surface area is 119 Å². The lowest BCUT2D eigenvalue weighted by Gasteiger charge is -2.26. The average Bonchev–Trinajstić information content (AvgIpc) is 2.36. The molecular weight excluding hydrogens is 262 g/mol. The molecule has 110 valence electrons. The molecule has 1 saturated heterocycles. The minimum Gasteiger partial charge on any atom is -0.354 e. The van der Waals surface area contributed by atoms with Crippen molar-refractivity contribution in [2.45, 2.75) is 38.6 Å². The van der Waals surface area contributed by atoms with Crippen LogP contribution in [0.1, 0.15) is 33.1 Å². The Morgan fingerprint density at radius 1 is 1.21 bits per heavy atom. The lowest BCUT2D eigenvalue weighted by atomic mass is 10.1. The number of rotatable bonds is 6. The van der Waals surface area contributed by atoms with E-state index >= 15 is 0 Å². The van der Waals surface area contributed by atoms with Gasteiger partial charge >= 0.3 is 0 Å². The Kier molecular flexibility index (Phi) is 6.65. The maximum atomic E-state index is 11.9. The molecule has 0 radical (unpaired) electrons. The Balaban J connectivity index is 2.12. The molecule has 0 saturated carbocycles. The van der Waals surface area contributed by atoms with Crippen LogP contribution in [0, 0.1) is 0 Å². The van der Waals surface area contributed by atoms with Gasteiger partial charge in [0.1, 0.15) is 0 Å². The summed E-state index contributed by atoms with van der Waals surface area (Å²) in [7, 11) is 0. The molecule has 5 nitrogen and oxygen atoms in total. The van der Waals surface area contributed by atoms with Crippen molar-refractivity contribution in [3.05, 3.63) is 0 Å². The van der Waals surface area contributed by atoms with Gasteiger partial charge in [0.05, 0.1) is 11.5 Å². The van der Waals surface area contributed by atoms with Crippen LogP contribution in [0.15, 0.2) is 0 Å². The van der Waals surface area contributed by atoms with Crippen LogP contribution in [0.4, 0.5) is 0 Å². The van der Waals surface area contributed by atoms with Crippen molar-refractivity contribution in [1.29, 1.82) is 0 Å². The smallest absolute Gasteiger partial charge is 0.232 e. The zero-order chi connectivity index (χ0) is 14.3. The predicted molar refractivity (Wildman–Crippen MR) is 79.0 cm³/mol. The third-order valence-corrected chi connectivity index (χ3v) is 3.83. The van der Waals surface area contributed by atoms with Crippen LogP contribution >= 0.6 is 11.8 Å². The standard InChI is InChI=1S/C13H25N3O2S/c1-13(2,14)10-15-11(17)8-19-9-12(18)16-6-4-3-5-7-16/h3-10,14H2,1-2H3,(H,15,17). The van der Waals surface area contributed by atoms with E-state index < -0.39 is 5.54 Å². The number of amides is 2. The van der Waals surface area contributed by atoms with E-state index in [1.165, 1.54) is 18.2 Å². The first kappa shape index (κ1) is 16.3. The molecule has 1 aliphatic rings. The van der Waals surface area contributed by atoms with Crippen molar-refractivity contribution in [3.8, 4) is 0 Å². The Morgan fingerprint density at radius 3 is 2.42 bits per heavy atom. The average molecular weight is 287 g/mol. The van der Waals surface area contributed by atoms with Crippen LogP contribution < -0.4 is 11.1 Å². The SMILES string of the molecule is CC(C)(N)CNC(=O)CSCC(=O)N1CCCCC1. The molecule has 1 fully saturated rings. The second-order valence-electron chi connectivity index (χ2n) is 5.70. The van der Waals surface area contributed by atoms with Gasteiger partial charge in [0, 0.05) is 25.2 Å². The van der Waals surface area contributed by atoms with Gasteiger partial charge < -0.3 is 16.0 Å². The molecule has 0 aromatic rings. The molecule has 0 aliphatic carbocycles. The highest BCUT2D eigenvalue weighted by atomic mass is 32.2. The zero-order valence-electron chi connectivity index (χ0n) is 11.9. The summed E-state index contributed by atoms with van der Waals surface area (Å²) in [6.45, 7) is 5.91. The summed E-state index contributed by atoms with van der Waals surface area (Å²) in [5.74, 6) is 0.793. The summed E-state index contributed by atoms with van der Waals surface area (Å²) in [6.07, 6.45) is 3.42.